The number of hydrogen-bond donors (Lipinski definition) is 2. The van der Waals surface area contributed by atoms with E-state index in [2.05, 4.69) is 18.4 Å². The van der Waals surface area contributed by atoms with Gasteiger partial charge < -0.3 is 9.15 Å². The van der Waals surface area contributed by atoms with E-state index in [4.69, 9.17) is 15.0 Å². The Morgan fingerprint density at radius 1 is 1.10 bits per heavy atom. The normalized spacial score (nSPS) is 12.5. The van der Waals surface area contributed by atoms with Gasteiger partial charge in [-0.1, -0.05) is 23.8 Å². The van der Waals surface area contributed by atoms with Gasteiger partial charge in [0.25, 0.3) is 0 Å². The van der Waals surface area contributed by atoms with Gasteiger partial charge in [-0.3, -0.25) is 5.84 Å². The highest BCUT2D eigenvalue weighted by atomic mass is 16.5. The van der Waals surface area contributed by atoms with E-state index < -0.39 is 0 Å². The van der Waals surface area contributed by atoms with Gasteiger partial charge in [-0.15, -0.1) is 0 Å². The second-order valence-corrected chi connectivity index (χ2v) is 5.06. The van der Waals surface area contributed by atoms with Gasteiger partial charge in [0.1, 0.15) is 23.1 Å². The minimum atomic E-state index is -0.191. The Kier molecular flexibility index (Phi) is 3.64. The zero-order valence-electron chi connectivity index (χ0n) is 12.1. The molecule has 2 aromatic carbocycles. The maximum Gasteiger partial charge on any atom is 0.134 e. The molecule has 4 nitrogen and oxygen atoms in total. The average Bonchev–Trinajstić information content (AvgIpc) is 2.91. The molecule has 1 aromatic heterocycles. The number of nitrogens with two attached hydrogens (primary N) is 1. The summed E-state index contributed by atoms with van der Waals surface area (Å²) in [6.45, 7) is 2.06. The van der Waals surface area contributed by atoms with Crippen LogP contribution >= 0.6 is 0 Å². The van der Waals surface area contributed by atoms with E-state index in [1.54, 1.807) is 7.11 Å². The summed E-state index contributed by atoms with van der Waals surface area (Å²) >= 11 is 0. The third-order valence-electron chi connectivity index (χ3n) is 3.59. The Labute approximate surface area is 123 Å². The van der Waals surface area contributed by atoms with Gasteiger partial charge in [0, 0.05) is 5.39 Å². The predicted octanol–water partition coefficient (Wildman–Crippen LogP) is 3.30. The summed E-state index contributed by atoms with van der Waals surface area (Å²) < 4.78 is 11.1. The fraction of sp³-hybridized carbons (Fsp3) is 0.176. The van der Waals surface area contributed by atoms with Crippen molar-refractivity contribution in [2.75, 3.05) is 7.11 Å². The molecular formula is C17H18N2O2. The standard InChI is InChI=1S/C17H18N2O2/c1-11-3-8-15-13(9-11)10-16(21-15)17(19-18)12-4-6-14(20-2)7-5-12/h3-10,17,19H,18H2,1-2H3. The van der Waals surface area contributed by atoms with Gasteiger partial charge in [0.05, 0.1) is 7.11 Å². The summed E-state index contributed by atoms with van der Waals surface area (Å²) in [6.07, 6.45) is 0. The molecule has 4 heteroatoms. The average molecular weight is 282 g/mol. The lowest BCUT2D eigenvalue weighted by Gasteiger charge is -2.14. The fourth-order valence-electron chi connectivity index (χ4n) is 2.46. The minimum Gasteiger partial charge on any atom is -0.497 e. The number of aryl methyl sites for hydroxylation is 1. The number of nitrogens with one attached hydrogen (secondary N) is 1. The van der Waals surface area contributed by atoms with Crippen LogP contribution in [-0.4, -0.2) is 7.11 Å². The third-order valence-corrected chi connectivity index (χ3v) is 3.59. The first-order chi connectivity index (χ1) is 10.2. The smallest absolute Gasteiger partial charge is 0.134 e. The summed E-state index contributed by atoms with van der Waals surface area (Å²) in [7, 11) is 1.65. The molecule has 0 bridgehead atoms. The Hall–Kier alpha value is -2.30. The molecule has 3 N–H and O–H groups in total. The summed E-state index contributed by atoms with van der Waals surface area (Å²) in [4.78, 5) is 0. The molecule has 21 heavy (non-hydrogen) atoms. The van der Waals surface area contributed by atoms with Crippen molar-refractivity contribution in [3.05, 3.63) is 65.4 Å². The lowest BCUT2D eigenvalue weighted by atomic mass is 10.0. The van der Waals surface area contributed by atoms with Crippen LogP contribution in [0, 0.1) is 6.92 Å². The number of rotatable bonds is 4. The Bertz CT molecular complexity index is 747. The van der Waals surface area contributed by atoms with Gasteiger partial charge in [0.15, 0.2) is 0 Å². The molecular weight excluding hydrogens is 264 g/mol. The number of hydrazine groups is 1. The molecule has 1 atom stereocenters. The third kappa shape index (κ3) is 2.63. The number of furan rings is 1. The number of benzene rings is 2. The van der Waals surface area contributed by atoms with Crippen LogP contribution in [0.1, 0.15) is 22.9 Å². The number of methoxy groups -OCH3 is 1. The van der Waals surface area contributed by atoms with Crippen molar-refractivity contribution < 1.29 is 9.15 Å². The van der Waals surface area contributed by atoms with Gasteiger partial charge in [-0.2, -0.15) is 0 Å². The second kappa shape index (κ2) is 5.60. The minimum absolute atomic E-state index is 0.191. The Morgan fingerprint density at radius 2 is 1.86 bits per heavy atom. The quantitative estimate of drug-likeness (QED) is 0.569. The molecule has 0 saturated heterocycles. The van der Waals surface area contributed by atoms with Crippen LogP contribution < -0.4 is 16.0 Å². The van der Waals surface area contributed by atoms with Gasteiger partial charge in [-0.05, 0) is 42.8 Å². The van der Waals surface area contributed by atoms with Crippen molar-refractivity contribution in [1.82, 2.24) is 5.43 Å². The van der Waals surface area contributed by atoms with Crippen LogP contribution in [0.25, 0.3) is 11.0 Å². The molecule has 0 aliphatic heterocycles. The van der Waals surface area contributed by atoms with E-state index in [0.29, 0.717) is 0 Å². The largest absolute Gasteiger partial charge is 0.497 e. The number of ether oxygens (including phenoxy) is 1. The van der Waals surface area contributed by atoms with Gasteiger partial charge in [-0.25, -0.2) is 5.43 Å². The first kappa shape index (κ1) is 13.7. The van der Waals surface area contributed by atoms with Crippen LogP contribution in [0.4, 0.5) is 0 Å². The van der Waals surface area contributed by atoms with Crippen molar-refractivity contribution in [3.63, 3.8) is 0 Å². The summed E-state index contributed by atoms with van der Waals surface area (Å²) in [6, 6.07) is 15.7. The van der Waals surface area contributed by atoms with E-state index >= 15 is 0 Å². The highest BCUT2D eigenvalue weighted by molar-refractivity contribution is 5.78. The molecule has 1 unspecified atom stereocenters. The molecule has 0 aliphatic rings. The predicted molar refractivity (Wildman–Crippen MR) is 83.1 cm³/mol. The summed E-state index contributed by atoms with van der Waals surface area (Å²) in [5.41, 5.74) is 5.91. The van der Waals surface area contributed by atoms with Crippen LogP contribution in [0.2, 0.25) is 0 Å². The highest BCUT2D eigenvalue weighted by Gasteiger charge is 2.17. The lowest BCUT2D eigenvalue weighted by Crippen LogP contribution is -2.28. The Balaban J connectivity index is 2.00. The van der Waals surface area contributed by atoms with E-state index in [1.807, 2.05) is 42.5 Å². The second-order valence-electron chi connectivity index (χ2n) is 5.06. The van der Waals surface area contributed by atoms with Crippen molar-refractivity contribution in [2.24, 2.45) is 5.84 Å². The first-order valence-electron chi connectivity index (χ1n) is 6.81. The zero-order chi connectivity index (χ0) is 14.8. The van der Waals surface area contributed by atoms with Gasteiger partial charge >= 0.3 is 0 Å². The molecule has 0 amide bonds. The van der Waals surface area contributed by atoms with Crippen LogP contribution in [-0.2, 0) is 0 Å². The van der Waals surface area contributed by atoms with E-state index in [0.717, 1.165) is 28.0 Å². The SMILES string of the molecule is COc1ccc(C(NN)c2cc3cc(C)ccc3o2)cc1. The van der Waals surface area contributed by atoms with Crippen LogP contribution in [0.5, 0.6) is 5.75 Å². The van der Waals surface area contributed by atoms with Crippen molar-refractivity contribution in [2.45, 2.75) is 13.0 Å². The molecule has 0 radical (unpaired) electrons. The maximum atomic E-state index is 5.91. The lowest BCUT2D eigenvalue weighted by molar-refractivity contribution is 0.414. The molecule has 3 rings (SSSR count). The summed E-state index contributed by atoms with van der Waals surface area (Å²) in [5.74, 6) is 7.33. The van der Waals surface area contributed by atoms with Crippen molar-refractivity contribution in [1.29, 1.82) is 0 Å². The molecule has 0 spiro atoms. The van der Waals surface area contributed by atoms with E-state index in [-0.39, 0.29) is 6.04 Å². The topological polar surface area (TPSA) is 60.4 Å². The van der Waals surface area contributed by atoms with Crippen molar-refractivity contribution >= 4 is 11.0 Å². The molecule has 108 valence electrons. The van der Waals surface area contributed by atoms with Gasteiger partial charge in [0.2, 0.25) is 0 Å². The maximum absolute atomic E-state index is 5.91. The van der Waals surface area contributed by atoms with Crippen LogP contribution in [0.15, 0.2) is 52.9 Å². The zero-order valence-corrected chi connectivity index (χ0v) is 12.1. The molecule has 0 saturated carbocycles. The molecule has 0 fully saturated rings. The van der Waals surface area contributed by atoms with Crippen molar-refractivity contribution in [3.8, 4) is 5.75 Å². The highest BCUT2D eigenvalue weighted by Crippen LogP contribution is 2.29. The van der Waals surface area contributed by atoms with E-state index in [1.165, 1.54) is 5.56 Å². The number of fused-ring (bicyclic) bond motifs is 1. The molecule has 1 heterocycles. The fourth-order valence-corrected chi connectivity index (χ4v) is 2.46. The van der Waals surface area contributed by atoms with Crippen LogP contribution in [0.3, 0.4) is 0 Å². The monoisotopic (exact) mass is 282 g/mol. The molecule has 0 aliphatic carbocycles. The number of hydrogen-bond acceptors (Lipinski definition) is 4. The summed E-state index contributed by atoms with van der Waals surface area (Å²) in [5, 5.41) is 1.08. The first-order valence-corrected chi connectivity index (χ1v) is 6.81. The van der Waals surface area contributed by atoms with E-state index in [9.17, 15) is 0 Å². The Morgan fingerprint density at radius 3 is 2.52 bits per heavy atom. The molecule has 3 aromatic rings.